The van der Waals surface area contributed by atoms with Gasteiger partial charge in [-0.15, -0.1) is 0 Å². The normalized spacial score (nSPS) is 12.2. The van der Waals surface area contributed by atoms with E-state index in [0.29, 0.717) is 27.2 Å². The van der Waals surface area contributed by atoms with Crippen LogP contribution < -0.4 is 9.62 Å². The van der Waals surface area contributed by atoms with Crippen molar-refractivity contribution in [1.82, 2.24) is 10.2 Å². The first-order valence-corrected chi connectivity index (χ1v) is 15.8. The molecule has 0 bridgehead atoms. The highest BCUT2D eigenvalue weighted by Gasteiger charge is 2.34. The van der Waals surface area contributed by atoms with Gasteiger partial charge in [-0.2, -0.15) is 0 Å². The molecule has 3 rings (SSSR count). The Morgan fingerprint density at radius 2 is 1.54 bits per heavy atom. The van der Waals surface area contributed by atoms with Crippen molar-refractivity contribution < 1.29 is 18.0 Å². The van der Waals surface area contributed by atoms with E-state index in [2.05, 4.69) is 5.32 Å². The minimum atomic E-state index is -4.21. The number of hydrogen-bond donors (Lipinski definition) is 1. The van der Waals surface area contributed by atoms with E-state index < -0.39 is 28.5 Å². The Morgan fingerprint density at radius 1 is 0.927 bits per heavy atom. The van der Waals surface area contributed by atoms with Gasteiger partial charge in [-0.05, 0) is 61.7 Å². The summed E-state index contributed by atoms with van der Waals surface area (Å²) >= 11 is 19.1. The van der Waals surface area contributed by atoms with Gasteiger partial charge < -0.3 is 10.2 Å². The summed E-state index contributed by atoms with van der Waals surface area (Å²) in [5.41, 5.74) is 1.55. The molecule has 220 valence electrons. The lowest BCUT2D eigenvalue weighted by molar-refractivity contribution is -0.140. The third-order valence-electron chi connectivity index (χ3n) is 6.44. The number of sulfonamides is 1. The van der Waals surface area contributed by atoms with Crippen LogP contribution in [0.2, 0.25) is 15.1 Å². The molecule has 2 amide bonds. The second-order valence-electron chi connectivity index (χ2n) is 10.1. The molecule has 3 aromatic rings. The molecule has 0 aliphatic rings. The lowest BCUT2D eigenvalue weighted by Crippen LogP contribution is -2.52. The van der Waals surface area contributed by atoms with Crippen LogP contribution in [0.1, 0.15) is 38.3 Å². The molecular weight excluding hydrogens is 605 g/mol. The Labute approximate surface area is 257 Å². The Morgan fingerprint density at radius 3 is 2.10 bits per heavy atom. The lowest BCUT2D eigenvalue weighted by Gasteiger charge is -2.33. The Bertz CT molecular complexity index is 1460. The van der Waals surface area contributed by atoms with Crippen molar-refractivity contribution in [2.45, 2.75) is 51.6 Å². The number of hydrogen-bond acceptors (Lipinski definition) is 4. The predicted octanol–water partition coefficient (Wildman–Crippen LogP) is 6.73. The summed E-state index contributed by atoms with van der Waals surface area (Å²) in [4.78, 5) is 28.8. The highest BCUT2D eigenvalue weighted by atomic mass is 35.5. The van der Waals surface area contributed by atoms with Crippen molar-refractivity contribution in [2.75, 3.05) is 17.4 Å². The summed E-state index contributed by atoms with van der Waals surface area (Å²) in [6.07, 6.45) is 0.277. The van der Waals surface area contributed by atoms with E-state index in [9.17, 15) is 18.0 Å². The summed E-state index contributed by atoms with van der Waals surface area (Å²) < 4.78 is 28.8. The number of aryl methyl sites for hydroxylation is 1. The molecule has 41 heavy (non-hydrogen) atoms. The molecule has 0 aliphatic carbocycles. The highest BCUT2D eigenvalue weighted by Crippen LogP contribution is 2.29. The number of anilines is 1. The predicted molar refractivity (Wildman–Crippen MR) is 166 cm³/mol. The van der Waals surface area contributed by atoms with Gasteiger partial charge in [0.2, 0.25) is 11.8 Å². The van der Waals surface area contributed by atoms with Gasteiger partial charge in [0.25, 0.3) is 10.0 Å². The number of benzene rings is 3. The topological polar surface area (TPSA) is 86.8 Å². The van der Waals surface area contributed by atoms with E-state index in [1.165, 1.54) is 23.1 Å². The van der Waals surface area contributed by atoms with Crippen LogP contribution in [0.4, 0.5) is 5.69 Å². The third kappa shape index (κ3) is 8.38. The van der Waals surface area contributed by atoms with Crippen molar-refractivity contribution in [1.29, 1.82) is 0 Å². The highest BCUT2D eigenvalue weighted by molar-refractivity contribution is 7.92. The average molecular weight is 639 g/mol. The number of carbonyl (C=O) groups is 2. The van der Waals surface area contributed by atoms with Crippen molar-refractivity contribution >= 4 is 62.3 Å². The Balaban J connectivity index is 2.09. The van der Waals surface area contributed by atoms with Crippen molar-refractivity contribution in [3.8, 4) is 0 Å². The number of carbonyl (C=O) groups excluding carboxylic acids is 2. The molecule has 11 heteroatoms. The number of nitrogens with one attached hydrogen (secondary N) is 1. The average Bonchev–Trinajstić information content (AvgIpc) is 2.92. The summed E-state index contributed by atoms with van der Waals surface area (Å²) in [5.74, 6) is -0.770. The zero-order valence-electron chi connectivity index (χ0n) is 23.4. The quantitative estimate of drug-likeness (QED) is 0.238. The molecule has 0 aliphatic heterocycles. The van der Waals surface area contributed by atoms with Crippen LogP contribution in [0.15, 0.2) is 71.6 Å². The van der Waals surface area contributed by atoms with Crippen LogP contribution in [-0.2, 0) is 26.2 Å². The molecule has 1 atom stereocenters. The molecular formula is C30H34Cl3N3O4S. The molecule has 3 aromatic carbocycles. The molecule has 0 spiro atoms. The maximum Gasteiger partial charge on any atom is 0.264 e. The number of amides is 2. The van der Waals surface area contributed by atoms with E-state index in [-0.39, 0.29) is 35.4 Å². The molecule has 7 nitrogen and oxygen atoms in total. The molecule has 0 aromatic heterocycles. The van der Waals surface area contributed by atoms with Crippen LogP contribution in [0.3, 0.4) is 0 Å². The first kappa shape index (κ1) is 32.7. The summed E-state index contributed by atoms with van der Waals surface area (Å²) in [7, 11) is -4.21. The largest absolute Gasteiger partial charge is 0.354 e. The maximum atomic E-state index is 14.1. The first-order valence-electron chi connectivity index (χ1n) is 13.2. The lowest BCUT2D eigenvalue weighted by atomic mass is 10.1. The fourth-order valence-electron chi connectivity index (χ4n) is 4.19. The standard InChI is InChI=1S/C30H34Cl3N3O4S/c1-5-28(30(38)34-17-20(2)3)35(18-25-26(32)10-7-11-27(25)33)29(37)19-36(23-9-6-8-22(31)16-23)41(39,40)24-14-12-21(4)13-15-24/h6-16,20,28H,5,17-19H2,1-4H3,(H,34,38)/t28-/m0/s1. The molecule has 0 saturated carbocycles. The van der Waals surface area contributed by atoms with Gasteiger partial charge in [0.05, 0.1) is 10.6 Å². The van der Waals surface area contributed by atoms with Crippen molar-refractivity contribution in [2.24, 2.45) is 5.92 Å². The smallest absolute Gasteiger partial charge is 0.264 e. The third-order valence-corrected chi connectivity index (χ3v) is 9.18. The van der Waals surface area contributed by atoms with Gasteiger partial charge in [-0.1, -0.05) is 85.4 Å². The minimum Gasteiger partial charge on any atom is -0.354 e. The zero-order valence-corrected chi connectivity index (χ0v) is 26.5. The number of rotatable bonds is 12. The molecule has 0 unspecified atom stereocenters. The minimum absolute atomic E-state index is 0.0123. The Hall–Kier alpha value is -2.78. The molecule has 0 radical (unpaired) electrons. The van der Waals surface area contributed by atoms with Crippen LogP contribution in [0.25, 0.3) is 0 Å². The van der Waals surface area contributed by atoms with Gasteiger partial charge in [-0.25, -0.2) is 8.42 Å². The van der Waals surface area contributed by atoms with E-state index in [4.69, 9.17) is 34.8 Å². The van der Waals surface area contributed by atoms with E-state index in [1.54, 1.807) is 55.5 Å². The monoisotopic (exact) mass is 637 g/mol. The summed E-state index contributed by atoms with van der Waals surface area (Å²) in [5, 5.41) is 3.84. The van der Waals surface area contributed by atoms with Gasteiger partial charge in [0.15, 0.2) is 0 Å². The van der Waals surface area contributed by atoms with Gasteiger partial charge >= 0.3 is 0 Å². The van der Waals surface area contributed by atoms with Crippen molar-refractivity contribution in [3.05, 3.63) is 92.9 Å². The first-order chi connectivity index (χ1) is 19.3. The molecule has 1 N–H and O–H groups in total. The van der Waals surface area contributed by atoms with E-state index in [0.717, 1.165) is 9.87 Å². The van der Waals surface area contributed by atoms with Crippen LogP contribution in [-0.4, -0.2) is 44.3 Å². The number of halogens is 3. The SMILES string of the molecule is CC[C@@H](C(=O)NCC(C)C)N(Cc1c(Cl)cccc1Cl)C(=O)CN(c1cccc(Cl)c1)S(=O)(=O)c1ccc(C)cc1. The van der Waals surface area contributed by atoms with E-state index >= 15 is 0 Å². The zero-order chi connectivity index (χ0) is 30.3. The second-order valence-corrected chi connectivity index (χ2v) is 13.2. The van der Waals surface area contributed by atoms with Crippen LogP contribution in [0.5, 0.6) is 0 Å². The summed E-state index contributed by atoms with van der Waals surface area (Å²) in [6, 6.07) is 16.7. The van der Waals surface area contributed by atoms with Crippen molar-refractivity contribution in [3.63, 3.8) is 0 Å². The fourth-order valence-corrected chi connectivity index (χ4v) is 6.30. The van der Waals surface area contributed by atoms with E-state index in [1.807, 2.05) is 20.8 Å². The summed E-state index contributed by atoms with van der Waals surface area (Å²) in [6.45, 7) is 7.29. The molecule has 0 heterocycles. The Kier molecular flexibility index (Phi) is 11.5. The maximum absolute atomic E-state index is 14.1. The van der Waals surface area contributed by atoms with Crippen LogP contribution in [0, 0.1) is 12.8 Å². The fraction of sp³-hybridized carbons (Fsp3) is 0.333. The van der Waals surface area contributed by atoms with Gasteiger partial charge in [-0.3, -0.25) is 13.9 Å². The molecule has 0 saturated heterocycles. The second kappa shape index (κ2) is 14.4. The van der Waals surface area contributed by atoms with Gasteiger partial charge in [0.1, 0.15) is 12.6 Å². The number of nitrogens with zero attached hydrogens (tertiary/aromatic N) is 2. The van der Waals surface area contributed by atoms with Gasteiger partial charge in [0, 0.05) is 33.7 Å². The molecule has 0 fully saturated rings. The van der Waals surface area contributed by atoms with Crippen LogP contribution >= 0.6 is 34.8 Å².